The van der Waals surface area contributed by atoms with Gasteiger partial charge in [0.05, 0.1) is 24.2 Å². The SMILES string of the molecule is C.C.C.CBr.CBr.CC.CC.CC.CC.CC.CC.CC(=O)N1C(C)C2=C(C(=O)CCN2)C1C.CC(=O)N1C(C)CC2=C(NCC2)C1C.CC(=O)N1C(C)CC2=C(NCC2)C1C.CC1CC2=C(NCC2)C(C)N1.C[C-]=O.OB=CO.[W]. The van der Waals surface area contributed by atoms with Gasteiger partial charge in [-0.1, -0.05) is 137 Å². The second kappa shape index (κ2) is 61.6. The van der Waals surface area contributed by atoms with E-state index in [1.807, 2.05) is 118 Å². The summed E-state index contributed by atoms with van der Waals surface area (Å²) in [6.45, 7) is 51.0. The quantitative estimate of drug-likeness (QED) is 0.0690. The van der Waals surface area contributed by atoms with Crippen LogP contribution in [-0.2, 0) is 45.0 Å². The number of aliphatic hydroxyl groups is 1. The Hall–Kier alpha value is -2.95. The topological polar surface area (TPSA) is 196 Å². The van der Waals surface area contributed by atoms with E-state index < -0.39 is 0 Å². The summed E-state index contributed by atoms with van der Waals surface area (Å²) in [6, 6.07) is 2.37. The standard InChI is InChI=1S/C11H16N2O2.2C11H18N2O.C9H16N2.C2H3O.6C2H6.CH3BO2.2CH3Br.3CH4.W/c1-6-10-9(15)4-5-12-11(10)7(2)13(6)8(3)14;2*1-7-6-10-4-5-12-11(10)8(2)13(7)9(3)14;1-6-5-8-3-4-10-9(8)7(2)11-6;1-2-3;6*1-2;3-1-2-4;2*1-2;;;;/h6-7,12H,4-5H2,1-3H3;2*7-8,12H,4-6H2,1-3H3;6-7,10-11H,3-5H2,1-2H3;1H3;6*1-2H3;1,3-4H;2*1H3;3*1H4;/q;;;;-1;;;;;;;;;;;;;. The summed E-state index contributed by atoms with van der Waals surface area (Å²) < 4.78 is 0. The third-order valence-corrected chi connectivity index (χ3v) is 12.7. The van der Waals surface area contributed by atoms with Gasteiger partial charge in [0.1, 0.15) is 0 Å². The minimum Gasteiger partial charge on any atom is 0 e. The molecule has 0 saturated carbocycles. The normalized spacial score (nSPS) is 22.6. The summed E-state index contributed by atoms with van der Waals surface area (Å²) in [5.41, 5.74) is 10.6. The van der Waals surface area contributed by atoms with Gasteiger partial charge in [0, 0.05) is 127 Å². The molecule has 0 aliphatic carbocycles. The van der Waals surface area contributed by atoms with Crippen LogP contribution in [0.1, 0.15) is 233 Å². The number of Topliss-reactive ketones (excluding diaryl/α,β-unsaturated/α-hetero) is 1. The van der Waals surface area contributed by atoms with Crippen LogP contribution in [0.4, 0.5) is 0 Å². The van der Waals surface area contributed by atoms with Crippen LogP contribution in [0, 0.1) is 0 Å². The van der Waals surface area contributed by atoms with Crippen molar-refractivity contribution >= 4 is 74.9 Å². The molecule has 482 valence electrons. The number of hydrogen-bond donors (Lipinski definition) is 7. The molecule has 81 heavy (non-hydrogen) atoms. The Bertz CT molecular complexity index is 1720. The van der Waals surface area contributed by atoms with E-state index in [9.17, 15) is 19.2 Å². The number of nitrogens with zero attached hydrogens (tertiary/aromatic N) is 3. The van der Waals surface area contributed by atoms with Crippen molar-refractivity contribution in [3.8, 4) is 0 Å². The molecule has 8 heterocycles. The van der Waals surface area contributed by atoms with Gasteiger partial charge in [-0.3, -0.25) is 25.5 Å². The summed E-state index contributed by atoms with van der Waals surface area (Å²) >= 11 is 5.88. The fraction of sp³-hybridized carbons (Fsp3) is 0.774. The Morgan fingerprint density at radius 3 is 1.10 bits per heavy atom. The number of halogens is 2. The summed E-state index contributed by atoms with van der Waals surface area (Å²) in [6.07, 6.45) is 9.53. The van der Waals surface area contributed by atoms with Gasteiger partial charge in [-0.05, 0) is 122 Å². The summed E-state index contributed by atoms with van der Waals surface area (Å²) in [5, 5.41) is 31.9. The molecule has 7 N–H and O–H groups in total. The summed E-state index contributed by atoms with van der Waals surface area (Å²) in [4.78, 5) is 60.6. The maximum Gasteiger partial charge on any atom is 0 e. The van der Waals surface area contributed by atoms with Gasteiger partial charge in [0.15, 0.2) is 5.78 Å². The van der Waals surface area contributed by atoms with Gasteiger partial charge < -0.3 is 46.1 Å². The fourth-order valence-electron chi connectivity index (χ4n) is 10.5. The van der Waals surface area contributed by atoms with Gasteiger partial charge in [-0.25, -0.2) is 0 Å². The van der Waals surface area contributed by atoms with Crippen molar-refractivity contribution in [3.05, 3.63) is 45.1 Å². The van der Waals surface area contributed by atoms with Crippen LogP contribution in [0.15, 0.2) is 45.1 Å². The second-order valence-corrected chi connectivity index (χ2v) is 17.1. The predicted molar refractivity (Wildman–Crippen MR) is 359 cm³/mol. The Morgan fingerprint density at radius 1 is 0.531 bits per heavy atom. The molecule has 0 fully saturated rings. The van der Waals surface area contributed by atoms with Crippen LogP contribution in [0.3, 0.4) is 0 Å². The van der Waals surface area contributed by atoms with E-state index in [0.29, 0.717) is 50.4 Å². The zero-order valence-corrected chi connectivity index (χ0v) is 60.1. The Morgan fingerprint density at radius 2 is 0.802 bits per heavy atom. The molecule has 0 aromatic heterocycles. The second-order valence-electron chi connectivity index (χ2n) is 17.1. The smallest absolute Gasteiger partial charge is 0 e. The molecule has 0 saturated heterocycles. The van der Waals surface area contributed by atoms with Crippen LogP contribution in [-0.4, -0.2) is 154 Å². The Balaban J connectivity index is -0.0000000912. The van der Waals surface area contributed by atoms with Gasteiger partial charge in [0.25, 0.3) is 0 Å². The average Bonchev–Trinajstić information content (AvgIpc) is 4.27. The van der Waals surface area contributed by atoms with Crippen molar-refractivity contribution < 1.29 is 55.2 Å². The first-order valence-electron chi connectivity index (χ1n) is 28.8. The molecule has 8 rings (SSSR count). The molecule has 8 aliphatic heterocycles. The van der Waals surface area contributed by atoms with Crippen LogP contribution in [0.5, 0.6) is 0 Å². The monoisotopic (exact) mass is 1450 g/mol. The van der Waals surface area contributed by atoms with E-state index in [-0.39, 0.29) is 91.0 Å². The number of carbonyl (C=O) groups is 4. The van der Waals surface area contributed by atoms with E-state index >= 15 is 0 Å². The molecular formula is C62H128BBr2N8O7W-. The van der Waals surface area contributed by atoms with E-state index in [4.69, 9.17) is 14.9 Å². The van der Waals surface area contributed by atoms with Crippen LogP contribution >= 0.6 is 31.9 Å². The number of alkyl halides is 2. The van der Waals surface area contributed by atoms with E-state index in [1.165, 1.54) is 54.3 Å². The largest absolute Gasteiger partial charge is 0 e. The van der Waals surface area contributed by atoms with Gasteiger partial charge in [-0.2, -0.15) is 6.92 Å². The minimum absolute atomic E-state index is 0. The van der Waals surface area contributed by atoms with Crippen molar-refractivity contribution in [2.75, 3.05) is 37.8 Å². The average molecular weight is 1450 g/mol. The molecule has 15 nitrogen and oxygen atoms in total. The van der Waals surface area contributed by atoms with E-state index in [1.54, 1.807) is 31.2 Å². The van der Waals surface area contributed by atoms with Gasteiger partial charge in [-0.15, -0.1) is 0 Å². The molecular weight excluding hydrogens is 1320 g/mol. The molecule has 3 amide bonds. The zero-order chi connectivity index (χ0) is 61.7. The van der Waals surface area contributed by atoms with Crippen LogP contribution in [0.25, 0.3) is 0 Å². The molecule has 0 radical (unpaired) electrons. The summed E-state index contributed by atoms with van der Waals surface area (Å²) in [5.74, 6) is 4.21. The molecule has 19 heteroatoms. The first-order chi connectivity index (χ1) is 36.9. The molecule has 0 spiro atoms. The zero-order valence-electron chi connectivity index (χ0n) is 54.0. The van der Waals surface area contributed by atoms with Crippen molar-refractivity contribution in [2.45, 2.75) is 282 Å². The molecule has 8 unspecified atom stereocenters. The summed E-state index contributed by atoms with van der Waals surface area (Å²) in [7, 11) is 0.556. The number of ketones is 1. The first-order valence-corrected chi connectivity index (χ1v) is 32.0. The number of carbonyl (C=O) groups excluding carboxylic acids is 5. The first kappa shape index (κ1) is 100. The van der Waals surface area contributed by atoms with Gasteiger partial charge in [0.2, 0.25) is 17.7 Å². The van der Waals surface area contributed by atoms with Crippen molar-refractivity contribution in [3.63, 3.8) is 0 Å². The minimum atomic E-state index is -0.0761. The molecule has 0 aromatic rings. The molecule has 0 bridgehead atoms. The van der Waals surface area contributed by atoms with Crippen LogP contribution < -0.4 is 26.6 Å². The maximum absolute atomic E-state index is 11.8. The third-order valence-electron chi connectivity index (χ3n) is 12.7. The number of rotatable bonds is 0. The Kier molecular flexibility index (Phi) is 76.1. The number of amides is 3. The molecule has 8 atom stereocenters. The fourth-order valence-corrected chi connectivity index (χ4v) is 10.5. The third kappa shape index (κ3) is 33.4. The molecule has 0 aromatic carbocycles. The van der Waals surface area contributed by atoms with Crippen molar-refractivity contribution in [1.82, 2.24) is 41.3 Å². The predicted octanol–water partition coefficient (Wildman–Crippen LogP) is 12.9. The van der Waals surface area contributed by atoms with Crippen molar-refractivity contribution in [1.29, 1.82) is 0 Å². The molecule has 8 aliphatic rings. The Labute approximate surface area is 532 Å². The van der Waals surface area contributed by atoms with Gasteiger partial charge >= 0.3 is 23.4 Å². The van der Waals surface area contributed by atoms with E-state index in [2.05, 4.69) is 100.0 Å². The maximum atomic E-state index is 11.8. The van der Waals surface area contributed by atoms with Crippen LogP contribution in [0.2, 0.25) is 0 Å². The van der Waals surface area contributed by atoms with E-state index in [0.717, 1.165) is 56.6 Å². The number of hydrogen-bond acceptors (Lipinski definition) is 12. The number of nitrogens with one attached hydrogen (secondary N) is 5. The number of aliphatic hydroxyl groups excluding tert-OH is 1. The van der Waals surface area contributed by atoms with Crippen molar-refractivity contribution in [2.24, 2.45) is 0 Å².